The number of hydrogen-bond acceptors (Lipinski definition) is 3. The average Bonchev–Trinajstić information content (AvgIpc) is 3.01. The summed E-state index contributed by atoms with van der Waals surface area (Å²) in [5, 5.41) is 3.42. The Morgan fingerprint density at radius 2 is 2.05 bits per heavy atom. The summed E-state index contributed by atoms with van der Waals surface area (Å²) < 4.78 is 11.4. The van der Waals surface area contributed by atoms with E-state index in [2.05, 4.69) is 24.1 Å². The molecule has 1 unspecified atom stereocenters. The minimum Gasteiger partial charge on any atom is -0.378 e. The molecule has 2 rings (SSSR count). The van der Waals surface area contributed by atoms with Crippen LogP contribution in [0.3, 0.4) is 0 Å². The molecule has 5 nitrogen and oxygen atoms in total. The van der Waals surface area contributed by atoms with Crippen LogP contribution in [0.25, 0.3) is 0 Å². The lowest BCUT2D eigenvalue weighted by Crippen LogP contribution is -2.47. The summed E-state index contributed by atoms with van der Waals surface area (Å²) in [6.45, 7) is 9.81. The number of nitrogens with zero attached hydrogens (tertiary/aromatic N) is 2. The minimum atomic E-state index is 0. The highest BCUT2D eigenvalue weighted by molar-refractivity contribution is 14.0. The topological polar surface area (TPSA) is 46.1 Å². The molecule has 0 amide bonds. The molecular formula is C16H32IN3O2. The number of guanidine groups is 1. The Kier molecular flexibility index (Phi) is 10.4. The molecule has 0 saturated carbocycles. The van der Waals surface area contributed by atoms with Crippen LogP contribution in [-0.2, 0) is 9.47 Å². The second kappa shape index (κ2) is 11.5. The first-order valence-corrected chi connectivity index (χ1v) is 8.60. The third-order valence-electron chi connectivity index (χ3n) is 4.22. The zero-order chi connectivity index (χ0) is 14.9. The predicted octanol–water partition coefficient (Wildman–Crippen LogP) is 2.64. The molecule has 2 heterocycles. The predicted molar refractivity (Wildman–Crippen MR) is 101 cm³/mol. The Bertz CT molecular complexity index is 315. The normalized spacial score (nSPS) is 23.5. The summed E-state index contributed by atoms with van der Waals surface area (Å²) in [6.07, 6.45) is 6.52. The van der Waals surface area contributed by atoms with Crippen molar-refractivity contribution in [3.63, 3.8) is 0 Å². The molecule has 6 heteroatoms. The van der Waals surface area contributed by atoms with Gasteiger partial charge in [0.25, 0.3) is 0 Å². The number of hydrogen-bond donors (Lipinski definition) is 1. The van der Waals surface area contributed by atoms with Gasteiger partial charge in [0.2, 0.25) is 0 Å². The van der Waals surface area contributed by atoms with Crippen LogP contribution < -0.4 is 5.32 Å². The zero-order valence-corrected chi connectivity index (χ0v) is 16.4. The van der Waals surface area contributed by atoms with E-state index < -0.39 is 0 Å². The van der Waals surface area contributed by atoms with Crippen LogP contribution in [0.1, 0.15) is 46.0 Å². The number of likely N-dealkylation sites (tertiary alicyclic amines) is 1. The van der Waals surface area contributed by atoms with Gasteiger partial charge in [0.15, 0.2) is 5.96 Å². The molecule has 0 aromatic heterocycles. The molecule has 2 aliphatic heterocycles. The van der Waals surface area contributed by atoms with E-state index in [-0.39, 0.29) is 24.0 Å². The molecule has 130 valence electrons. The van der Waals surface area contributed by atoms with Gasteiger partial charge in [-0.25, -0.2) is 0 Å². The maximum absolute atomic E-state index is 5.72. The van der Waals surface area contributed by atoms with Crippen molar-refractivity contribution in [1.82, 2.24) is 10.2 Å². The molecule has 1 atom stereocenters. The van der Waals surface area contributed by atoms with E-state index in [1.54, 1.807) is 0 Å². The van der Waals surface area contributed by atoms with E-state index in [9.17, 15) is 0 Å². The van der Waals surface area contributed by atoms with Crippen LogP contribution in [0, 0.1) is 0 Å². The van der Waals surface area contributed by atoms with Gasteiger partial charge in [-0.3, -0.25) is 4.99 Å². The van der Waals surface area contributed by atoms with Crippen LogP contribution in [0.4, 0.5) is 0 Å². The lowest BCUT2D eigenvalue weighted by molar-refractivity contribution is 0.0263. The lowest BCUT2D eigenvalue weighted by atomic mass is 10.1. The Balaban J connectivity index is 0.00000242. The second-order valence-electron chi connectivity index (χ2n) is 5.80. The van der Waals surface area contributed by atoms with Crippen molar-refractivity contribution < 1.29 is 9.47 Å². The fourth-order valence-electron chi connectivity index (χ4n) is 3.08. The van der Waals surface area contributed by atoms with Crippen molar-refractivity contribution in [2.45, 2.75) is 58.2 Å². The summed E-state index contributed by atoms with van der Waals surface area (Å²) in [7, 11) is 0. The monoisotopic (exact) mass is 425 g/mol. The molecule has 1 N–H and O–H groups in total. The van der Waals surface area contributed by atoms with E-state index in [1.807, 2.05) is 0 Å². The molecule has 2 saturated heterocycles. The molecule has 0 aliphatic carbocycles. The molecule has 0 bridgehead atoms. The standard InChI is InChI=1S/C16H31N3O2.HI/c1-3-17-16(18-10-7-14-6-5-13-21-14)19-11-8-15(9-12-19)20-4-2;/h14-15H,3-13H2,1-2H3,(H,17,18);1H. The van der Waals surface area contributed by atoms with Crippen molar-refractivity contribution in [2.24, 2.45) is 4.99 Å². The van der Waals surface area contributed by atoms with Crippen LogP contribution >= 0.6 is 24.0 Å². The lowest BCUT2D eigenvalue weighted by Gasteiger charge is -2.34. The summed E-state index contributed by atoms with van der Waals surface area (Å²) in [4.78, 5) is 7.15. The number of rotatable bonds is 6. The van der Waals surface area contributed by atoms with Gasteiger partial charge in [-0.2, -0.15) is 0 Å². The summed E-state index contributed by atoms with van der Waals surface area (Å²) in [5.74, 6) is 1.06. The summed E-state index contributed by atoms with van der Waals surface area (Å²) in [6, 6.07) is 0. The maximum Gasteiger partial charge on any atom is 0.193 e. The SMILES string of the molecule is CCNC(=NCCC1CCCO1)N1CCC(OCC)CC1.I. The molecule has 0 aromatic carbocycles. The highest BCUT2D eigenvalue weighted by atomic mass is 127. The highest BCUT2D eigenvalue weighted by Gasteiger charge is 2.21. The van der Waals surface area contributed by atoms with Gasteiger partial charge in [0.05, 0.1) is 12.2 Å². The van der Waals surface area contributed by atoms with Gasteiger partial charge in [-0.1, -0.05) is 0 Å². The Hall–Kier alpha value is -0.0800. The highest BCUT2D eigenvalue weighted by Crippen LogP contribution is 2.16. The first kappa shape index (κ1) is 20.0. The number of nitrogens with one attached hydrogen (secondary N) is 1. The molecule has 22 heavy (non-hydrogen) atoms. The van der Waals surface area contributed by atoms with Gasteiger partial charge in [-0.05, 0) is 46.0 Å². The first-order valence-electron chi connectivity index (χ1n) is 8.60. The van der Waals surface area contributed by atoms with Gasteiger partial charge < -0.3 is 19.7 Å². The van der Waals surface area contributed by atoms with Crippen LogP contribution in [0.15, 0.2) is 4.99 Å². The Labute approximate surface area is 152 Å². The van der Waals surface area contributed by atoms with E-state index >= 15 is 0 Å². The van der Waals surface area contributed by atoms with Crippen molar-refractivity contribution >= 4 is 29.9 Å². The number of halogens is 1. The van der Waals surface area contributed by atoms with Crippen molar-refractivity contribution in [3.05, 3.63) is 0 Å². The average molecular weight is 425 g/mol. The molecule has 2 fully saturated rings. The quantitative estimate of drug-likeness (QED) is 0.404. The largest absolute Gasteiger partial charge is 0.378 e. The van der Waals surface area contributed by atoms with Crippen LogP contribution in [0.5, 0.6) is 0 Å². The number of aliphatic imine (C=N–C) groups is 1. The third kappa shape index (κ3) is 6.58. The van der Waals surface area contributed by atoms with Gasteiger partial charge in [0, 0.05) is 39.4 Å². The molecule has 0 aromatic rings. The molecular weight excluding hydrogens is 393 g/mol. The molecule has 0 radical (unpaired) electrons. The first-order chi connectivity index (χ1) is 10.3. The molecule has 2 aliphatic rings. The Morgan fingerprint density at radius 3 is 2.64 bits per heavy atom. The fourth-order valence-corrected chi connectivity index (χ4v) is 3.08. The molecule has 0 spiro atoms. The summed E-state index contributed by atoms with van der Waals surface area (Å²) in [5.41, 5.74) is 0. The van der Waals surface area contributed by atoms with Crippen molar-refractivity contribution in [3.8, 4) is 0 Å². The van der Waals surface area contributed by atoms with Gasteiger partial charge in [0.1, 0.15) is 0 Å². The minimum absolute atomic E-state index is 0. The van der Waals surface area contributed by atoms with Crippen LogP contribution in [-0.4, -0.2) is 62.5 Å². The maximum atomic E-state index is 5.72. The van der Waals surface area contributed by atoms with Gasteiger partial charge in [-0.15, -0.1) is 24.0 Å². The zero-order valence-electron chi connectivity index (χ0n) is 14.1. The van der Waals surface area contributed by atoms with Crippen LogP contribution in [0.2, 0.25) is 0 Å². The Morgan fingerprint density at radius 1 is 1.27 bits per heavy atom. The fraction of sp³-hybridized carbons (Fsp3) is 0.938. The van der Waals surface area contributed by atoms with Crippen molar-refractivity contribution in [1.29, 1.82) is 0 Å². The van der Waals surface area contributed by atoms with Crippen molar-refractivity contribution in [2.75, 3.05) is 39.4 Å². The van der Waals surface area contributed by atoms with E-state index in [0.29, 0.717) is 12.2 Å². The summed E-state index contributed by atoms with van der Waals surface area (Å²) >= 11 is 0. The van der Waals surface area contributed by atoms with Gasteiger partial charge >= 0.3 is 0 Å². The van der Waals surface area contributed by atoms with E-state index in [1.165, 1.54) is 12.8 Å². The van der Waals surface area contributed by atoms with E-state index in [4.69, 9.17) is 14.5 Å². The van der Waals surface area contributed by atoms with E-state index in [0.717, 1.165) is 64.6 Å². The third-order valence-corrected chi connectivity index (χ3v) is 4.22. The number of ether oxygens (including phenoxy) is 2. The second-order valence-corrected chi connectivity index (χ2v) is 5.80. The number of piperidine rings is 1. The smallest absolute Gasteiger partial charge is 0.193 e.